The zero-order valence-electron chi connectivity index (χ0n) is 7.88. The Bertz CT molecular complexity index is 478. The van der Waals surface area contributed by atoms with Crippen LogP contribution in [0.15, 0.2) is 17.4 Å². The minimum absolute atomic E-state index is 0.00991. The van der Waals surface area contributed by atoms with E-state index in [9.17, 15) is 8.42 Å². The third-order valence-corrected chi connectivity index (χ3v) is 4.45. The molecule has 15 heavy (non-hydrogen) atoms. The van der Waals surface area contributed by atoms with E-state index in [0.29, 0.717) is 0 Å². The van der Waals surface area contributed by atoms with Crippen LogP contribution >= 0.6 is 11.6 Å². The van der Waals surface area contributed by atoms with Gasteiger partial charge in [0.2, 0.25) is 9.84 Å². The minimum Gasteiger partial charge on any atom is -0.241 e. The van der Waals surface area contributed by atoms with Gasteiger partial charge in [-0.3, -0.25) is 0 Å². The predicted molar refractivity (Wildman–Crippen MR) is 54.1 cm³/mol. The molecule has 0 saturated heterocycles. The fourth-order valence-corrected chi connectivity index (χ4v) is 2.28. The van der Waals surface area contributed by atoms with E-state index in [2.05, 4.69) is 9.97 Å². The van der Waals surface area contributed by atoms with Gasteiger partial charge in [-0.25, -0.2) is 18.4 Å². The molecule has 0 fully saturated rings. The van der Waals surface area contributed by atoms with Gasteiger partial charge >= 0.3 is 0 Å². The Balaban J connectivity index is 3.13. The summed E-state index contributed by atoms with van der Waals surface area (Å²) >= 11 is 5.47. The molecule has 0 bridgehead atoms. The van der Waals surface area contributed by atoms with Crippen molar-refractivity contribution in [3.05, 3.63) is 18.1 Å². The Morgan fingerprint density at radius 3 is 2.60 bits per heavy atom. The molecule has 0 aromatic carbocycles. The minimum atomic E-state index is -3.53. The van der Waals surface area contributed by atoms with Crippen LogP contribution in [-0.2, 0) is 9.84 Å². The summed E-state index contributed by atoms with van der Waals surface area (Å²) in [6.45, 7) is 1.49. The molecule has 0 amide bonds. The van der Waals surface area contributed by atoms with Crippen LogP contribution in [0.1, 0.15) is 12.6 Å². The van der Waals surface area contributed by atoms with Gasteiger partial charge < -0.3 is 0 Å². The molecule has 0 aliphatic rings. The summed E-state index contributed by atoms with van der Waals surface area (Å²) in [6.07, 6.45) is 2.19. The molecule has 1 unspecified atom stereocenters. The smallest absolute Gasteiger partial charge is 0.200 e. The second-order valence-electron chi connectivity index (χ2n) is 2.86. The molecule has 1 atom stereocenters. The molecule has 1 aromatic rings. The first-order valence-electron chi connectivity index (χ1n) is 4.04. The van der Waals surface area contributed by atoms with E-state index in [1.807, 2.05) is 0 Å². The summed E-state index contributed by atoms with van der Waals surface area (Å²) in [6, 6.07) is 1.75. The summed E-state index contributed by atoms with van der Waals surface area (Å²) in [5.41, 5.74) is 0.0764. The van der Waals surface area contributed by atoms with Crippen molar-refractivity contribution >= 4 is 21.4 Å². The average Bonchev–Trinajstić information content (AvgIpc) is 2.28. The highest BCUT2D eigenvalue weighted by molar-refractivity contribution is 7.92. The summed E-state index contributed by atoms with van der Waals surface area (Å²) in [4.78, 5) is 7.29. The molecule has 7 heteroatoms. The van der Waals surface area contributed by atoms with Crippen molar-refractivity contribution in [3.8, 4) is 6.07 Å². The first-order chi connectivity index (χ1) is 7.02. The highest BCUT2D eigenvalue weighted by atomic mass is 35.5. The standard InChI is InChI=1S/C8H8ClN3O2S/c1-6(2-9)15(13,14)8-5-11-7(3-10)4-12-8/h4-6H,2H2,1H3. The topological polar surface area (TPSA) is 83.7 Å². The zero-order chi connectivity index (χ0) is 11.5. The molecule has 0 N–H and O–H groups in total. The molecule has 80 valence electrons. The third-order valence-electron chi connectivity index (χ3n) is 1.78. The molecule has 0 aliphatic carbocycles. The van der Waals surface area contributed by atoms with Crippen molar-refractivity contribution in [2.75, 3.05) is 5.88 Å². The number of rotatable bonds is 3. The van der Waals surface area contributed by atoms with Crippen LogP contribution in [0.5, 0.6) is 0 Å². The fourth-order valence-electron chi connectivity index (χ4n) is 0.810. The Hall–Kier alpha value is -1.19. The Labute approximate surface area is 92.7 Å². The number of alkyl halides is 1. The number of hydrogen-bond donors (Lipinski definition) is 0. The summed E-state index contributed by atoms with van der Waals surface area (Å²) in [7, 11) is -3.53. The van der Waals surface area contributed by atoms with Crippen LogP contribution in [-0.4, -0.2) is 29.5 Å². The third kappa shape index (κ3) is 2.43. The molecule has 0 aliphatic heterocycles. The lowest BCUT2D eigenvalue weighted by Gasteiger charge is -2.07. The van der Waals surface area contributed by atoms with Gasteiger partial charge in [0, 0.05) is 5.88 Å². The second kappa shape index (κ2) is 4.55. The fraction of sp³-hybridized carbons (Fsp3) is 0.375. The van der Waals surface area contributed by atoms with E-state index in [1.165, 1.54) is 6.92 Å². The van der Waals surface area contributed by atoms with Gasteiger partial charge in [0.15, 0.2) is 10.7 Å². The average molecular weight is 246 g/mol. The van der Waals surface area contributed by atoms with Crippen molar-refractivity contribution in [2.24, 2.45) is 0 Å². The van der Waals surface area contributed by atoms with E-state index in [4.69, 9.17) is 16.9 Å². The molecule has 0 spiro atoms. The largest absolute Gasteiger partial charge is 0.241 e. The Morgan fingerprint density at radius 1 is 1.53 bits per heavy atom. The van der Waals surface area contributed by atoms with Gasteiger partial charge in [-0.2, -0.15) is 5.26 Å². The van der Waals surface area contributed by atoms with E-state index >= 15 is 0 Å². The molecule has 0 saturated carbocycles. The zero-order valence-corrected chi connectivity index (χ0v) is 9.46. The maximum absolute atomic E-state index is 11.7. The molecular formula is C8H8ClN3O2S. The van der Waals surface area contributed by atoms with Crippen LogP contribution in [0.3, 0.4) is 0 Å². The molecule has 0 radical (unpaired) electrons. The van der Waals surface area contributed by atoms with Crippen molar-refractivity contribution in [1.82, 2.24) is 9.97 Å². The van der Waals surface area contributed by atoms with E-state index in [-0.39, 0.29) is 16.6 Å². The van der Waals surface area contributed by atoms with Crippen molar-refractivity contribution in [3.63, 3.8) is 0 Å². The highest BCUT2D eigenvalue weighted by Crippen LogP contribution is 2.13. The molecule has 1 rings (SSSR count). The van der Waals surface area contributed by atoms with E-state index in [0.717, 1.165) is 12.4 Å². The number of nitrogens with zero attached hydrogens (tertiary/aromatic N) is 3. The van der Waals surface area contributed by atoms with Crippen molar-refractivity contribution in [1.29, 1.82) is 5.26 Å². The van der Waals surface area contributed by atoms with Crippen LogP contribution < -0.4 is 0 Å². The van der Waals surface area contributed by atoms with Gasteiger partial charge in [0.1, 0.15) is 6.07 Å². The Kier molecular flexibility index (Phi) is 3.61. The van der Waals surface area contributed by atoms with Gasteiger partial charge in [0.25, 0.3) is 0 Å². The molecular weight excluding hydrogens is 238 g/mol. The van der Waals surface area contributed by atoms with Crippen LogP contribution in [0.2, 0.25) is 0 Å². The normalized spacial score (nSPS) is 13.1. The van der Waals surface area contributed by atoms with Crippen molar-refractivity contribution in [2.45, 2.75) is 17.2 Å². The summed E-state index contributed by atoms with van der Waals surface area (Å²) < 4.78 is 23.4. The van der Waals surface area contributed by atoms with Gasteiger partial charge in [-0.1, -0.05) is 0 Å². The monoisotopic (exact) mass is 245 g/mol. The number of aromatic nitrogens is 2. The predicted octanol–water partition coefficient (Wildman–Crippen LogP) is 0.749. The molecule has 5 nitrogen and oxygen atoms in total. The lowest BCUT2D eigenvalue weighted by atomic mass is 10.5. The highest BCUT2D eigenvalue weighted by Gasteiger charge is 2.24. The van der Waals surface area contributed by atoms with E-state index < -0.39 is 15.1 Å². The maximum Gasteiger partial charge on any atom is 0.200 e. The first-order valence-corrected chi connectivity index (χ1v) is 6.12. The van der Waals surface area contributed by atoms with Gasteiger partial charge in [-0.15, -0.1) is 11.6 Å². The number of hydrogen-bond acceptors (Lipinski definition) is 5. The van der Waals surface area contributed by atoms with Gasteiger partial charge in [-0.05, 0) is 6.92 Å². The number of nitriles is 1. The van der Waals surface area contributed by atoms with Gasteiger partial charge in [0.05, 0.1) is 17.6 Å². The second-order valence-corrected chi connectivity index (χ2v) is 5.48. The lowest BCUT2D eigenvalue weighted by Crippen LogP contribution is -2.20. The van der Waals surface area contributed by atoms with Crippen LogP contribution in [0.25, 0.3) is 0 Å². The molecule has 1 heterocycles. The summed E-state index contributed by atoms with van der Waals surface area (Å²) in [5.74, 6) is -0.00991. The number of halogens is 1. The Morgan fingerprint density at radius 2 is 2.20 bits per heavy atom. The van der Waals surface area contributed by atoms with Crippen molar-refractivity contribution < 1.29 is 8.42 Å². The SMILES string of the molecule is CC(CCl)S(=O)(=O)c1cnc(C#N)cn1. The first kappa shape index (κ1) is 11.9. The summed E-state index contributed by atoms with van der Waals surface area (Å²) in [5, 5.41) is 7.58. The maximum atomic E-state index is 11.7. The van der Waals surface area contributed by atoms with Crippen LogP contribution in [0, 0.1) is 11.3 Å². The van der Waals surface area contributed by atoms with Crippen LogP contribution in [0.4, 0.5) is 0 Å². The van der Waals surface area contributed by atoms with E-state index in [1.54, 1.807) is 6.07 Å². The number of sulfone groups is 1. The molecule has 1 aromatic heterocycles. The quantitative estimate of drug-likeness (QED) is 0.734. The lowest BCUT2D eigenvalue weighted by molar-refractivity contribution is 0.583.